The van der Waals surface area contributed by atoms with Crippen molar-refractivity contribution in [3.63, 3.8) is 0 Å². The van der Waals surface area contributed by atoms with Crippen LogP contribution in [0.5, 0.6) is 5.75 Å². The summed E-state index contributed by atoms with van der Waals surface area (Å²) < 4.78 is 6.03. The summed E-state index contributed by atoms with van der Waals surface area (Å²) in [4.78, 5) is 4.21. The Morgan fingerprint density at radius 3 is 2.76 bits per heavy atom. The molecule has 92 valence electrons. The molecule has 0 spiro atoms. The smallest absolute Gasteiger partial charge is 0.199 e. The van der Waals surface area contributed by atoms with Crippen molar-refractivity contribution in [3.05, 3.63) is 23.2 Å². The minimum Gasteiger partial charge on any atom is -0.497 e. The molecule has 0 atom stereocenters. The van der Waals surface area contributed by atoms with Gasteiger partial charge in [0.1, 0.15) is 5.75 Å². The van der Waals surface area contributed by atoms with E-state index in [0.29, 0.717) is 5.01 Å². The van der Waals surface area contributed by atoms with Gasteiger partial charge in [0, 0.05) is 0 Å². The summed E-state index contributed by atoms with van der Waals surface area (Å²) in [7, 11) is 1.60. The minimum atomic E-state index is 0.0233. The van der Waals surface area contributed by atoms with Crippen molar-refractivity contribution < 1.29 is 9.94 Å². The van der Waals surface area contributed by atoms with Gasteiger partial charge in [-0.3, -0.25) is 0 Å². The summed E-state index contributed by atoms with van der Waals surface area (Å²) in [5.74, 6) is 0.785. The fourth-order valence-electron chi connectivity index (χ4n) is 1.18. The predicted octanol–water partition coefficient (Wildman–Crippen LogP) is 2.43. The number of aromatic nitrogens is 1. The van der Waals surface area contributed by atoms with Crippen LogP contribution in [0.25, 0.3) is 10.2 Å². The van der Waals surface area contributed by atoms with Crippen LogP contribution in [0.1, 0.15) is 18.9 Å². The lowest BCUT2D eigenvalue weighted by Gasteiger charge is -1.96. The van der Waals surface area contributed by atoms with Crippen molar-refractivity contribution in [2.24, 2.45) is 10.9 Å². The first-order valence-electron chi connectivity index (χ1n) is 5.17. The number of nitrogens with two attached hydrogens (primary N) is 1. The van der Waals surface area contributed by atoms with Gasteiger partial charge in [-0.05, 0) is 18.2 Å². The van der Waals surface area contributed by atoms with E-state index in [2.05, 4.69) is 10.1 Å². The van der Waals surface area contributed by atoms with Crippen molar-refractivity contribution in [2.75, 3.05) is 7.11 Å². The number of methoxy groups -OCH3 is 1. The molecule has 0 unspecified atom stereocenters. The molecule has 2 rings (SSSR count). The highest BCUT2D eigenvalue weighted by molar-refractivity contribution is 7.20. The Hall–Kier alpha value is -1.82. The molecule has 6 heteroatoms. The van der Waals surface area contributed by atoms with E-state index in [9.17, 15) is 0 Å². The average Bonchev–Trinajstić information content (AvgIpc) is 2.82. The quantitative estimate of drug-likeness (QED) is 0.373. The lowest BCUT2D eigenvalue weighted by molar-refractivity contribution is 0.318. The monoisotopic (exact) mass is 253 g/mol. The van der Waals surface area contributed by atoms with Crippen LogP contribution in [-0.4, -0.2) is 23.1 Å². The summed E-state index contributed by atoms with van der Waals surface area (Å²) in [6.07, 6.45) is 0. The Morgan fingerprint density at radius 2 is 2.18 bits per heavy atom. The van der Waals surface area contributed by atoms with Crippen molar-refractivity contribution in [3.8, 4) is 5.75 Å². The Bertz CT molecular complexity index is 522. The lowest BCUT2D eigenvalue weighted by atomic mass is 10.3. The van der Waals surface area contributed by atoms with E-state index >= 15 is 0 Å². The van der Waals surface area contributed by atoms with Crippen LogP contribution in [0.2, 0.25) is 0 Å². The molecule has 1 aromatic carbocycles. The van der Waals surface area contributed by atoms with Crippen molar-refractivity contribution in [1.29, 1.82) is 0 Å². The zero-order valence-electron chi connectivity index (χ0n) is 9.97. The topological polar surface area (TPSA) is 80.7 Å². The number of hydrogen-bond donors (Lipinski definition) is 2. The summed E-state index contributed by atoms with van der Waals surface area (Å²) in [5.41, 5.74) is 6.25. The van der Waals surface area contributed by atoms with Crippen LogP contribution in [0.4, 0.5) is 0 Å². The number of oxime groups is 1. The highest BCUT2D eigenvalue weighted by Crippen LogP contribution is 2.25. The highest BCUT2D eigenvalue weighted by atomic mass is 32.1. The Balaban J connectivity index is 0.000000686. The van der Waals surface area contributed by atoms with Crippen LogP contribution < -0.4 is 10.5 Å². The van der Waals surface area contributed by atoms with E-state index in [1.54, 1.807) is 7.11 Å². The Labute approximate surface area is 104 Å². The summed E-state index contributed by atoms with van der Waals surface area (Å²) >= 11 is 1.35. The standard InChI is InChI=1S/C9H9N3O2S.C2H6/c1-14-5-2-3-6-7(4-5)15-9(11-6)8(10)12-13;1-2/h2-4,13H,1H3,(H2,10,12);1-2H3. The lowest BCUT2D eigenvalue weighted by Crippen LogP contribution is -2.12. The second-order valence-corrected chi connectivity index (χ2v) is 3.87. The number of hydrogen-bond acceptors (Lipinski definition) is 5. The van der Waals surface area contributed by atoms with E-state index in [-0.39, 0.29) is 5.84 Å². The first kappa shape index (κ1) is 13.2. The van der Waals surface area contributed by atoms with Crippen LogP contribution >= 0.6 is 11.3 Å². The molecule has 2 aromatic rings. The SMILES string of the molecule is CC.COc1ccc2nc(/C(N)=N/O)sc2c1. The van der Waals surface area contributed by atoms with E-state index in [0.717, 1.165) is 16.0 Å². The third-order valence-electron chi connectivity index (χ3n) is 1.92. The van der Waals surface area contributed by atoms with Crippen LogP contribution in [0.3, 0.4) is 0 Å². The molecule has 0 fully saturated rings. The van der Waals surface area contributed by atoms with Crippen molar-refractivity contribution in [1.82, 2.24) is 4.98 Å². The second-order valence-electron chi connectivity index (χ2n) is 2.84. The number of fused-ring (bicyclic) bond motifs is 1. The van der Waals surface area contributed by atoms with Crippen LogP contribution in [0, 0.1) is 0 Å². The van der Waals surface area contributed by atoms with Crippen molar-refractivity contribution >= 4 is 27.4 Å². The zero-order chi connectivity index (χ0) is 12.8. The van der Waals surface area contributed by atoms with E-state index < -0.39 is 0 Å². The molecular formula is C11H15N3O2S. The summed E-state index contributed by atoms with van der Waals surface area (Å²) in [5, 5.41) is 11.9. The molecule has 17 heavy (non-hydrogen) atoms. The molecular weight excluding hydrogens is 238 g/mol. The maximum Gasteiger partial charge on any atom is 0.199 e. The van der Waals surface area contributed by atoms with Gasteiger partial charge in [-0.15, -0.1) is 11.3 Å². The number of amidine groups is 1. The van der Waals surface area contributed by atoms with Gasteiger partial charge in [0.15, 0.2) is 10.8 Å². The first-order valence-corrected chi connectivity index (χ1v) is 5.98. The van der Waals surface area contributed by atoms with Crippen LogP contribution in [-0.2, 0) is 0 Å². The fourth-order valence-corrected chi connectivity index (χ4v) is 2.08. The molecule has 1 aromatic heterocycles. The Kier molecular flexibility index (Phi) is 4.71. The third-order valence-corrected chi connectivity index (χ3v) is 2.96. The maximum absolute atomic E-state index is 8.52. The van der Waals surface area contributed by atoms with E-state index in [1.807, 2.05) is 32.0 Å². The minimum absolute atomic E-state index is 0.0233. The molecule has 1 heterocycles. The first-order chi connectivity index (χ1) is 8.24. The molecule has 0 aliphatic heterocycles. The van der Waals surface area contributed by atoms with E-state index in [1.165, 1.54) is 11.3 Å². The maximum atomic E-state index is 8.52. The molecule has 0 bridgehead atoms. The number of ether oxygens (including phenoxy) is 1. The number of nitrogens with zero attached hydrogens (tertiary/aromatic N) is 2. The van der Waals surface area contributed by atoms with Gasteiger partial charge in [-0.1, -0.05) is 19.0 Å². The van der Waals surface area contributed by atoms with Gasteiger partial charge in [0.25, 0.3) is 0 Å². The fraction of sp³-hybridized carbons (Fsp3) is 0.273. The van der Waals surface area contributed by atoms with Gasteiger partial charge in [0.05, 0.1) is 17.3 Å². The summed E-state index contributed by atoms with van der Waals surface area (Å²) in [6.45, 7) is 4.00. The van der Waals surface area contributed by atoms with Gasteiger partial charge in [-0.25, -0.2) is 4.98 Å². The van der Waals surface area contributed by atoms with Crippen LogP contribution in [0.15, 0.2) is 23.4 Å². The summed E-state index contributed by atoms with van der Waals surface area (Å²) in [6, 6.07) is 5.51. The normalized spacial score (nSPS) is 10.9. The molecule has 0 saturated carbocycles. The molecule has 5 nitrogen and oxygen atoms in total. The zero-order valence-corrected chi connectivity index (χ0v) is 10.8. The van der Waals surface area contributed by atoms with E-state index in [4.69, 9.17) is 15.7 Å². The number of thiazole rings is 1. The van der Waals surface area contributed by atoms with Gasteiger partial charge < -0.3 is 15.7 Å². The molecule has 0 aliphatic carbocycles. The number of benzene rings is 1. The van der Waals surface area contributed by atoms with Gasteiger partial charge >= 0.3 is 0 Å². The van der Waals surface area contributed by atoms with Crippen molar-refractivity contribution in [2.45, 2.75) is 13.8 Å². The predicted molar refractivity (Wildman–Crippen MR) is 70.0 cm³/mol. The third kappa shape index (κ3) is 2.85. The molecule has 0 aliphatic rings. The van der Waals surface area contributed by atoms with Gasteiger partial charge in [-0.2, -0.15) is 0 Å². The number of rotatable bonds is 2. The largest absolute Gasteiger partial charge is 0.497 e. The average molecular weight is 253 g/mol. The highest BCUT2D eigenvalue weighted by Gasteiger charge is 2.08. The molecule has 3 N–H and O–H groups in total. The molecule has 0 saturated heterocycles. The van der Waals surface area contributed by atoms with Gasteiger partial charge in [0.2, 0.25) is 0 Å². The molecule has 0 radical (unpaired) electrons. The second kappa shape index (κ2) is 6.05. The molecule has 0 amide bonds. The Morgan fingerprint density at radius 1 is 1.47 bits per heavy atom.